The van der Waals surface area contributed by atoms with Gasteiger partial charge >= 0.3 is 0 Å². The first-order valence-electron chi connectivity index (χ1n) is 6.09. The topological polar surface area (TPSA) is 36.7 Å². The van der Waals surface area contributed by atoms with Crippen LogP contribution in [0.2, 0.25) is 0 Å². The van der Waals surface area contributed by atoms with Crippen LogP contribution < -0.4 is 0 Å². The number of nitriles is 1. The molecule has 2 aromatic rings. The van der Waals surface area contributed by atoms with Crippen molar-refractivity contribution in [1.82, 2.24) is 4.98 Å². The number of hydrogen-bond donors (Lipinski definition) is 0. The summed E-state index contributed by atoms with van der Waals surface area (Å²) >= 11 is 1.64. The van der Waals surface area contributed by atoms with E-state index in [1.807, 2.05) is 13.8 Å². The van der Waals surface area contributed by atoms with Gasteiger partial charge in [-0.15, -0.1) is 11.3 Å². The Morgan fingerprint density at radius 2 is 1.94 bits per heavy atom. The molecule has 0 radical (unpaired) electrons. The van der Waals surface area contributed by atoms with Gasteiger partial charge in [-0.25, -0.2) is 4.98 Å². The van der Waals surface area contributed by atoms with Crippen LogP contribution in [-0.2, 0) is 0 Å². The first kappa shape index (κ1) is 12.8. The van der Waals surface area contributed by atoms with Gasteiger partial charge in [0.2, 0.25) is 0 Å². The SMILES string of the molecule is CCC(C#N)c1sc(-c2ccc(C)cc2)nc1C. The molecule has 1 unspecified atom stereocenters. The standard InChI is InChI=1S/C15H16N2S/c1-4-12(9-16)14-11(3)17-15(18-14)13-7-5-10(2)6-8-13/h5-8,12H,4H2,1-3H3. The van der Waals surface area contributed by atoms with Crippen LogP contribution in [0.1, 0.15) is 35.4 Å². The maximum absolute atomic E-state index is 9.15. The molecule has 3 heteroatoms. The zero-order valence-corrected chi connectivity index (χ0v) is 11.7. The van der Waals surface area contributed by atoms with E-state index in [-0.39, 0.29) is 5.92 Å². The fourth-order valence-corrected chi connectivity index (χ4v) is 3.09. The van der Waals surface area contributed by atoms with E-state index in [1.165, 1.54) is 5.56 Å². The highest BCUT2D eigenvalue weighted by Crippen LogP contribution is 2.33. The van der Waals surface area contributed by atoms with Crippen LogP contribution in [0, 0.1) is 25.2 Å². The number of hydrogen-bond acceptors (Lipinski definition) is 3. The van der Waals surface area contributed by atoms with Crippen molar-refractivity contribution in [2.24, 2.45) is 0 Å². The van der Waals surface area contributed by atoms with Gasteiger partial charge in [-0.05, 0) is 20.3 Å². The highest BCUT2D eigenvalue weighted by molar-refractivity contribution is 7.15. The number of thiazole rings is 1. The van der Waals surface area contributed by atoms with Gasteiger partial charge in [-0.3, -0.25) is 0 Å². The summed E-state index contributed by atoms with van der Waals surface area (Å²) in [5.74, 6) is -0.0262. The Bertz CT molecular complexity index is 576. The molecule has 1 heterocycles. The van der Waals surface area contributed by atoms with Gasteiger partial charge in [-0.2, -0.15) is 5.26 Å². The van der Waals surface area contributed by atoms with Crippen molar-refractivity contribution in [2.75, 3.05) is 0 Å². The van der Waals surface area contributed by atoms with Crippen LogP contribution in [0.15, 0.2) is 24.3 Å². The minimum absolute atomic E-state index is 0.0262. The molecule has 0 saturated heterocycles. The highest BCUT2D eigenvalue weighted by Gasteiger charge is 2.16. The summed E-state index contributed by atoms with van der Waals surface area (Å²) < 4.78 is 0. The highest BCUT2D eigenvalue weighted by atomic mass is 32.1. The largest absolute Gasteiger partial charge is 0.241 e. The molecule has 92 valence electrons. The third-order valence-electron chi connectivity index (χ3n) is 3.01. The maximum Gasteiger partial charge on any atom is 0.123 e. The number of rotatable bonds is 3. The second kappa shape index (κ2) is 5.32. The average Bonchev–Trinajstić information content (AvgIpc) is 2.74. The van der Waals surface area contributed by atoms with Crippen molar-refractivity contribution in [2.45, 2.75) is 33.1 Å². The van der Waals surface area contributed by atoms with Gasteiger partial charge in [0, 0.05) is 10.4 Å². The molecule has 18 heavy (non-hydrogen) atoms. The molecule has 0 bridgehead atoms. The Morgan fingerprint density at radius 1 is 1.28 bits per heavy atom. The van der Waals surface area contributed by atoms with Crippen molar-refractivity contribution in [3.63, 3.8) is 0 Å². The number of aryl methyl sites for hydroxylation is 2. The number of aromatic nitrogens is 1. The van der Waals surface area contributed by atoms with Crippen molar-refractivity contribution in [3.8, 4) is 16.6 Å². The van der Waals surface area contributed by atoms with Gasteiger partial charge in [-0.1, -0.05) is 36.8 Å². The van der Waals surface area contributed by atoms with Crippen LogP contribution in [0.4, 0.5) is 0 Å². The van der Waals surface area contributed by atoms with Crippen LogP contribution in [-0.4, -0.2) is 4.98 Å². The Balaban J connectivity index is 2.40. The molecule has 0 aliphatic carbocycles. The fraction of sp³-hybridized carbons (Fsp3) is 0.333. The molecule has 0 amide bonds. The van der Waals surface area contributed by atoms with E-state index in [1.54, 1.807) is 11.3 Å². The zero-order valence-electron chi connectivity index (χ0n) is 10.9. The molecule has 0 saturated carbocycles. The quantitative estimate of drug-likeness (QED) is 0.813. The van der Waals surface area contributed by atoms with Crippen molar-refractivity contribution < 1.29 is 0 Å². The van der Waals surface area contributed by atoms with E-state index < -0.39 is 0 Å². The third kappa shape index (κ3) is 2.44. The van der Waals surface area contributed by atoms with Crippen molar-refractivity contribution in [1.29, 1.82) is 5.26 Å². The summed E-state index contributed by atoms with van der Waals surface area (Å²) in [5, 5.41) is 10.2. The summed E-state index contributed by atoms with van der Waals surface area (Å²) in [4.78, 5) is 5.70. The van der Waals surface area contributed by atoms with E-state index in [4.69, 9.17) is 5.26 Å². The van der Waals surface area contributed by atoms with Crippen LogP contribution in [0.25, 0.3) is 10.6 Å². The lowest BCUT2D eigenvalue weighted by molar-refractivity contribution is 0.824. The molecule has 1 atom stereocenters. The monoisotopic (exact) mass is 256 g/mol. The van der Waals surface area contributed by atoms with E-state index >= 15 is 0 Å². The smallest absolute Gasteiger partial charge is 0.123 e. The van der Waals surface area contributed by atoms with Gasteiger partial charge in [0.1, 0.15) is 5.01 Å². The summed E-state index contributed by atoms with van der Waals surface area (Å²) in [6.45, 7) is 6.10. The molecule has 0 aliphatic rings. The first-order chi connectivity index (χ1) is 8.65. The lowest BCUT2D eigenvalue weighted by Gasteiger charge is -2.01. The van der Waals surface area contributed by atoms with Gasteiger partial charge < -0.3 is 0 Å². The molecule has 0 spiro atoms. The summed E-state index contributed by atoms with van der Waals surface area (Å²) in [7, 11) is 0. The minimum Gasteiger partial charge on any atom is -0.241 e. The predicted molar refractivity (Wildman–Crippen MR) is 75.7 cm³/mol. The molecular formula is C15H16N2S. The van der Waals surface area contributed by atoms with Gasteiger partial charge in [0.15, 0.2) is 0 Å². The minimum atomic E-state index is -0.0262. The van der Waals surface area contributed by atoms with Crippen LogP contribution >= 0.6 is 11.3 Å². The first-order valence-corrected chi connectivity index (χ1v) is 6.91. The Morgan fingerprint density at radius 3 is 2.50 bits per heavy atom. The lowest BCUT2D eigenvalue weighted by Crippen LogP contribution is -1.92. The second-order valence-corrected chi connectivity index (χ2v) is 5.46. The molecule has 1 aromatic carbocycles. The predicted octanol–water partition coefficient (Wildman–Crippen LogP) is 4.44. The summed E-state index contributed by atoms with van der Waals surface area (Å²) in [5.41, 5.74) is 3.37. The Hall–Kier alpha value is -1.66. The van der Waals surface area contributed by atoms with Crippen molar-refractivity contribution >= 4 is 11.3 Å². The maximum atomic E-state index is 9.15. The van der Waals surface area contributed by atoms with Crippen LogP contribution in [0.5, 0.6) is 0 Å². The summed E-state index contributed by atoms with van der Waals surface area (Å²) in [6.07, 6.45) is 0.840. The Kier molecular flexibility index (Phi) is 3.78. The molecule has 0 N–H and O–H groups in total. The van der Waals surface area contributed by atoms with E-state index in [0.29, 0.717) is 0 Å². The van der Waals surface area contributed by atoms with E-state index in [9.17, 15) is 0 Å². The van der Waals surface area contributed by atoms with E-state index in [2.05, 4.69) is 42.2 Å². The molecule has 1 aromatic heterocycles. The van der Waals surface area contributed by atoms with E-state index in [0.717, 1.165) is 27.6 Å². The fourth-order valence-electron chi connectivity index (χ4n) is 1.89. The third-order valence-corrected chi connectivity index (χ3v) is 4.33. The molecule has 0 aliphatic heterocycles. The average molecular weight is 256 g/mol. The molecule has 2 nitrogen and oxygen atoms in total. The Labute approximate surface area is 112 Å². The number of nitrogens with zero attached hydrogens (tertiary/aromatic N) is 2. The molecule has 0 fully saturated rings. The number of benzene rings is 1. The zero-order chi connectivity index (χ0) is 13.1. The van der Waals surface area contributed by atoms with Crippen molar-refractivity contribution in [3.05, 3.63) is 40.4 Å². The molecular weight excluding hydrogens is 240 g/mol. The lowest BCUT2D eigenvalue weighted by atomic mass is 10.1. The normalized spacial score (nSPS) is 12.1. The second-order valence-electron chi connectivity index (χ2n) is 4.42. The van der Waals surface area contributed by atoms with Gasteiger partial charge in [0.05, 0.1) is 17.7 Å². The summed E-state index contributed by atoms with van der Waals surface area (Å²) in [6, 6.07) is 10.7. The molecule has 2 rings (SSSR count). The van der Waals surface area contributed by atoms with Crippen LogP contribution in [0.3, 0.4) is 0 Å². The van der Waals surface area contributed by atoms with Gasteiger partial charge in [0.25, 0.3) is 0 Å².